The molecule has 0 atom stereocenters. The molecule has 82 valence electrons. The second kappa shape index (κ2) is 3.58. The van der Waals surface area contributed by atoms with Crippen molar-refractivity contribution in [3.63, 3.8) is 0 Å². The first-order chi connectivity index (χ1) is 7.09. The van der Waals surface area contributed by atoms with Crippen LogP contribution in [0.3, 0.4) is 0 Å². The first kappa shape index (κ1) is 10.6. The fraction of sp³-hybridized carbons (Fsp3) is 0.692. The Bertz CT molecular complexity index is 328. The lowest BCUT2D eigenvalue weighted by Gasteiger charge is -2.15. The number of allylic oxidation sites excluding steroid dienone is 2. The molecule has 2 aliphatic rings. The number of carbonyl (C=O) groups excluding carboxylic acids is 2. The Morgan fingerprint density at radius 1 is 1.00 bits per heavy atom. The molecule has 2 heteroatoms. The van der Waals surface area contributed by atoms with Crippen LogP contribution in [-0.4, -0.2) is 11.6 Å². The number of hydrogen-bond acceptors (Lipinski definition) is 2. The van der Waals surface area contributed by atoms with E-state index in [0.29, 0.717) is 6.42 Å². The van der Waals surface area contributed by atoms with Crippen molar-refractivity contribution in [2.45, 2.75) is 52.4 Å². The maximum atomic E-state index is 11.6. The molecule has 0 saturated heterocycles. The zero-order chi connectivity index (χ0) is 11.1. The third-order valence-electron chi connectivity index (χ3n) is 3.92. The van der Waals surface area contributed by atoms with E-state index in [9.17, 15) is 9.59 Å². The van der Waals surface area contributed by atoms with Crippen molar-refractivity contribution in [1.29, 1.82) is 0 Å². The van der Waals surface area contributed by atoms with Gasteiger partial charge < -0.3 is 0 Å². The van der Waals surface area contributed by atoms with Crippen LogP contribution < -0.4 is 0 Å². The minimum Gasteiger partial charge on any atom is -0.299 e. The van der Waals surface area contributed by atoms with Gasteiger partial charge in [0, 0.05) is 0 Å². The zero-order valence-electron chi connectivity index (χ0n) is 9.56. The van der Waals surface area contributed by atoms with Crippen LogP contribution in [0.15, 0.2) is 11.1 Å². The van der Waals surface area contributed by atoms with Crippen molar-refractivity contribution in [2.75, 3.05) is 0 Å². The molecule has 15 heavy (non-hydrogen) atoms. The fourth-order valence-electron chi connectivity index (χ4n) is 2.85. The summed E-state index contributed by atoms with van der Waals surface area (Å²) in [5.41, 5.74) is 1.90. The van der Waals surface area contributed by atoms with Gasteiger partial charge in [-0.1, -0.05) is 12.0 Å². The van der Waals surface area contributed by atoms with Gasteiger partial charge in [0.2, 0.25) is 0 Å². The lowest BCUT2D eigenvalue weighted by atomic mass is 9.89. The molecule has 0 unspecified atom stereocenters. The predicted octanol–water partition coefficient (Wildman–Crippen LogP) is 2.82. The minimum atomic E-state index is -0.674. The quantitative estimate of drug-likeness (QED) is 0.514. The summed E-state index contributed by atoms with van der Waals surface area (Å²) in [6.07, 6.45) is 6.68. The monoisotopic (exact) mass is 206 g/mol. The van der Waals surface area contributed by atoms with Gasteiger partial charge in [0.25, 0.3) is 0 Å². The second-order valence-corrected chi connectivity index (χ2v) is 4.84. The fourth-order valence-corrected chi connectivity index (χ4v) is 2.85. The molecule has 2 rings (SSSR count). The summed E-state index contributed by atoms with van der Waals surface area (Å²) in [5.74, 6) is 0.0890. The van der Waals surface area contributed by atoms with Gasteiger partial charge in [0.1, 0.15) is 17.0 Å². The number of carbonyl (C=O) groups is 2. The van der Waals surface area contributed by atoms with Crippen LogP contribution in [0.25, 0.3) is 0 Å². The summed E-state index contributed by atoms with van der Waals surface area (Å²) in [7, 11) is 0. The number of hydrogen-bond donors (Lipinski definition) is 0. The molecule has 0 N–H and O–H groups in total. The average Bonchev–Trinajstić information content (AvgIpc) is 2.95. The molecule has 2 aliphatic carbocycles. The van der Waals surface area contributed by atoms with Crippen LogP contribution in [-0.2, 0) is 9.59 Å². The van der Waals surface area contributed by atoms with Crippen LogP contribution >= 0.6 is 0 Å². The molecule has 0 aromatic heterocycles. The number of Topliss-reactive ketones (excluding diaryl/α,β-unsaturated/α-hetero) is 2. The molecule has 0 radical (unpaired) electrons. The highest BCUT2D eigenvalue weighted by Gasteiger charge is 2.58. The van der Waals surface area contributed by atoms with Crippen molar-refractivity contribution in [3.8, 4) is 0 Å². The van der Waals surface area contributed by atoms with Gasteiger partial charge in [0.15, 0.2) is 0 Å². The lowest BCUT2D eigenvalue weighted by Crippen LogP contribution is -2.21. The lowest BCUT2D eigenvalue weighted by molar-refractivity contribution is -0.131. The third-order valence-corrected chi connectivity index (χ3v) is 3.92. The highest BCUT2D eigenvalue weighted by Crippen LogP contribution is 2.56. The van der Waals surface area contributed by atoms with Crippen LogP contribution in [0.4, 0.5) is 0 Å². The smallest absolute Gasteiger partial charge is 0.147 e. The molecule has 2 fully saturated rings. The molecular formula is C13H18O2. The van der Waals surface area contributed by atoms with Gasteiger partial charge in [-0.2, -0.15) is 0 Å². The number of ketones is 2. The minimum absolute atomic E-state index is 0.0445. The van der Waals surface area contributed by atoms with Crippen molar-refractivity contribution < 1.29 is 9.59 Å². The van der Waals surface area contributed by atoms with Gasteiger partial charge in [0.05, 0.1) is 0 Å². The molecule has 0 spiro atoms. The Labute approximate surface area is 90.7 Å². The normalized spacial score (nSPS) is 23.9. The van der Waals surface area contributed by atoms with Crippen molar-refractivity contribution in [2.24, 2.45) is 5.41 Å². The molecule has 0 aromatic carbocycles. The number of rotatable bonds is 2. The topological polar surface area (TPSA) is 34.1 Å². The molecule has 0 heterocycles. The van der Waals surface area contributed by atoms with Crippen molar-refractivity contribution in [1.82, 2.24) is 0 Å². The second-order valence-electron chi connectivity index (χ2n) is 4.84. The predicted molar refractivity (Wildman–Crippen MR) is 58.5 cm³/mol. The Balaban J connectivity index is 2.27. The maximum Gasteiger partial charge on any atom is 0.147 e. The molecule has 2 saturated carbocycles. The van der Waals surface area contributed by atoms with Gasteiger partial charge in [-0.25, -0.2) is 0 Å². The van der Waals surface area contributed by atoms with E-state index < -0.39 is 5.41 Å². The highest BCUT2D eigenvalue weighted by atomic mass is 16.2. The summed E-state index contributed by atoms with van der Waals surface area (Å²) in [4.78, 5) is 23.1. The summed E-state index contributed by atoms with van der Waals surface area (Å²) >= 11 is 0. The van der Waals surface area contributed by atoms with Crippen molar-refractivity contribution in [3.05, 3.63) is 11.1 Å². The molecule has 0 bridgehead atoms. The van der Waals surface area contributed by atoms with Crippen LogP contribution in [0.1, 0.15) is 52.4 Å². The largest absolute Gasteiger partial charge is 0.299 e. The van der Waals surface area contributed by atoms with Gasteiger partial charge >= 0.3 is 0 Å². The van der Waals surface area contributed by atoms with Crippen LogP contribution in [0, 0.1) is 5.41 Å². The molecule has 0 aliphatic heterocycles. The van der Waals surface area contributed by atoms with Crippen molar-refractivity contribution >= 4 is 11.6 Å². The Morgan fingerprint density at radius 2 is 1.53 bits per heavy atom. The molecule has 0 aromatic rings. The van der Waals surface area contributed by atoms with Crippen LogP contribution in [0.5, 0.6) is 0 Å². The first-order valence-corrected chi connectivity index (χ1v) is 5.82. The Morgan fingerprint density at radius 3 is 1.93 bits per heavy atom. The molecular weight excluding hydrogens is 188 g/mol. The SMILES string of the molecule is CC(=O)C1(C(C)=O)CC1=C1CCCCC1. The van der Waals surface area contributed by atoms with E-state index in [-0.39, 0.29) is 11.6 Å². The van der Waals surface area contributed by atoms with E-state index in [1.807, 2.05) is 0 Å². The summed E-state index contributed by atoms with van der Waals surface area (Å²) in [6.45, 7) is 3.11. The van der Waals surface area contributed by atoms with Gasteiger partial charge in [-0.05, 0) is 51.5 Å². The summed E-state index contributed by atoms with van der Waals surface area (Å²) < 4.78 is 0. The summed E-state index contributed by atoms with van der Waals surface area (Å²) in [5, 5.41) is 0. The molecule has 0 amide bonds. The van der Waals surface area contributed by atoms with Gasteiger partial charge in [-0.3, -0.25) is 9.59 Å². The molecule has 2 nitrogen and oxygen atoms in total. The Kier molecular flexibility index (Phi) is 2.53. The third kappa shape index (κ3) is 1.56. The van der Waals surface area contributed by atoms with E-state index in [2.05, 4.69) is 0 Å². The van der Waals surface area contributed by atoms with E-state index in [4.69, 9.17) is 0 Å². The van der Waals surface area contributed by atoms with E-state index in [1.54, 1.807) is 13.8 Å². The maximum absolute atomic E-state index is 11.6. The van der Waals surface area contributed by atoms with E-state index in [1.165, 1.54) is 30.4 Å². The first-order valence-electron chi connectivity index (χ1n) is 5.82. The standard InChI is InChI=1S/C13H18O2/c1-9(14)13(10(2)15)8-12(13)11-6-4-3-5-7-11/h3-8H2,1-2H3. The Hall–Kier alpha value is -0.920. The van der Waals surface area contributed by atoms with E-state index in [0.717, 1.165) is 12.8 Å². The van der Waals surface area contributed by atoms with E-state index >= 15 is 0 Å². The average molecular weight is 206 g/mol. The van der Waals surface area contributed by atoms with Crippen LogP contribution in [0.2, 0.25) is 0 Å². The summed E-state index contributed by atoms with van der Waals surface area (Å²) in [6, 6.07) is 0. The van der Waals surface area contributed by atoms with Gasteiger partial charge in [-0.15, -0.1) is 0 Å². The highest BCUT2D eigenvalue weighted by molar-refractivity contribution is 6.13. The zero-order valence-corrected chi connectivity index (χ0v) is 9.56.